The molecule has 0 atom stereocenters. The van der Waals surface area contributed by atoms with Crippen LogP contribution in [0.1, 0.15) is 19.4 Å². The number of esters is 2. The van der Waals surface area contributed by atoms with E-state index >= 15 is 0 Å². The lowest BCUT2D eigenvalue weighted by Gasteiger charge is -2.15. The molecule has 3 aromatic carbocycles. The first kappa shape index (κ1) is 27.0. The quantitative estimate of drug-likeness (QED) is 0.137. The Hall–Kier alpha value is -4.59. The fourth-order valence-electron chi connectivity index (χ4n) is 3.13. The molecule has 0 aliphatic rings. The van der Waals surface area contributed by atoms with Gasteiger partial charge in [0.25, 0.3) is 0 Å². The van der Waals surface area contributed by atoms with Gasteiger partial charge in [-0.3, -0.25) is 0 Å². The maximum Gasteiger partial charge on any atom is 0.417 e. The summed E-state index contributed by atoms with van der Waals surface area (Å²) in [5.74, 6) is -0.602. The first-order valence-electron chi connectivity index (χ1n) is 10.9. The van der Waals surface area contributed by atoms with Crippen molar-refractivity contribution in [1.82, 2.24) is 0 Å². The predicted octanol–water partition coefficient (Wildman–Crippen LogP) is 7.49. The van der Waals surface area contributed by atoms with Crippen LogP contribution in [0.2, 0.25) is 0 Å². The highest BCUT2D eigenvalue weighted by molar-refractivity contribution is 5.89. The van der Waals surface area contributed by atoms with Crippen LogP contribution in [0.15, 0.2) is 104 Å². The highest BCUT2D eigenvalue weighted by Gasteiger charge is 2.34. The van der Waals surface area contributed by atoms with Crippen molar-refractivity contribution >= 4 is 11.9 Å². The van der Waals surface area contributed by atoms with E-state index in [0.717, 1.165) is 18.6 Å². The van der Waals surface area contributed by atoms with E-state index in [1.807, 2.05) is 0 Å². The second-order valence-corrected chi connectivity index (χ2v) is 8.05. The van der Waals surface area contributed by atoms with E-state index in [9.17, 15) is 22.8 Å². The Bertz CT molecular complexity index is 1350. The highest BCUT2D eigenvalue weighted by atomic mass is 19.4. The van der Waals surface area contributed by atoms with Gasteiger partial charge in [0.05, 0.1) is 5.56 Å². The number of hydrogen-bond donors (Lipinski definition) is 0. The smallest absolute Gasteiger partial charge is 0.417 e. The van der Waals surface area contributed by atoms with Gasteiger partial charge < -0.3 is 14.2 Å². The molecule has 0 radical (unpaired) electrons. The van der Waals surface area contributed by atoms with Gasteiger partial charge in [-0.05, 0) is 66.4 Å². The zero-order valence-corrected chi connectivity index (χ0v) is 20.1. The van der Waals surface area contributed by atoms with Gasteiger partial charge in [-0.2, -0.15) is 13.2 Å². The molecule has 0 N–H and O–H groups in total. The summed E-state index contributed by atoms with van der Waals surface area (Å²) < 4.78 is 57.1. The molecule has 0 spiro atoms. The molecule has 0 amide bonds. The molecule has 0 aromatic heterocycles. The molecule has 0 saturated heterocycles. The molecule has 0 fully saturated rings. The van der Waals surface area contributed by atoms with Crippen molar-refractivity contribution in [2.45, 2.75) is 20.0 Å². The van der Waals surface area contributed by atoms with Gasteiger partial charge in [-0.15, -0.1) is 0 Å². The van der Waals surface area contributed by atoms with Crippen LogP contribution in [-0.2, 0) is 20.5 Å². The van der Waals surface area contributed by atoms with Crippen molar-refractivity contribution < 1.29 is 37.0 Å². The first-order valence-corrected chi connectivity index (χ1v) is 10.9. The Labute approximate surface area is 212 Å². The summed E-state index contributed by atoms with van der Waals surface area (Å²) in [6, 6.07) is 16.2. The lowest BCUT2D eigenvalue weighted by Crippen LogP contribution is -2.08. The van der Waals surface area contributed by atoms with E-state index in [0.29, 0.717) is 22.4 Å². The topological polar surface area (TPSA) is 61.8 Å². The van der Waals surface area contributed by atoms with Crippen molar-refractivity contribution in [2.75, 3.05) is 0 Å². The Morgan fingerprint density at radius 1 is 0.730 bits per heavy atom. The molecule has 5 nitrogen and oxygen atoms in total. The average molecular weight is 508 g/mol. The fraction of sp³-hybridized carbons (Fsp3) is 0.103. The molecule has 0 bridgehead atoms. The SMILES string of the molecule is C=C(C)C(=O)O/C=C\Oc1ccc(-c2ccc(-c3ccc(OC(=O)C(=C)C)cc3)cc2C(F)(F)F)cc1. The zero-order valence-electron chi connectivity index (χ0n) is 20.1. The number of benzene rings is 3. The molecular weight excluding hydrogens is 485 g/mol. The summed E-state index contributed by atoms with van der Waals surface area (Å²) in [5.41, 5.74) is 0.865. The number of alkyl halides is 3. The molecule has 8 heteroatoms. The van der Waals surface area contributed by atoms with Crippen LogP contribution in [0.5, 0.6) is 11.5 Å². The van der Waals surface area contributed by atoms with E-state index < -0.39 is 23.7 Å². The second-order valence-electron chi connectivity index (χ2n) is 8.05. The molecule has 0 aliphatic carbocycles. The van der Waals surface area contributed by atoms with Gasteiger partial charge >= 0.3 is 18.1 Å². The standard InChI is InChI=1S/C29H23F3O5/c1-18(2)27(33)36-16-15-35-23-10-7-21(8-11-23)25-14-9-22(17-26(25)29(30,31)32)20-5-12-24(13-6-20)37-28(34)19(3)4/h5-17H,1,3H2,2,4H3/b16-15-. The van der Waals surface area contributed by atoms with Crippen molar-refractivity contribution in [3.05, 3.63) is 109 Å². The Balaban J connectivity index is 1.81. The van der Waals surface area contributed by atoms with Crippen LogP contribution in [-0.4, -0.2) is 11.9 Å². The van der Waals surface area contributed by atoms with Crippen molar-refractivity contribution in [3.8, 4) is 33.8 Å². The fourth-order valence-corrected chi connectivity index (χ4v) is 3.13. The summed E-state index contributed by atoms with van der Waals surface area (Å²) >= 11 is 0. The monoisotopic (exact) mass is 508 g/mol. The third kappa shape index (κ3) is 7.20. The average Bonchev–Trinajstić information content (AvgIpc) is 2.86. The normalized spacial score (nSPS) is 11.2. The van der Waals surface area contributed by atoms with Crippen LogP contribution in [0, 0.1) is 0 Å². The lowest BCUT2D eigenvalue weighted by molar-refractivity contribution is -0.137. The Morgan fingerprint density at radius 2 is 1.27 bits per heavy atom. The number of rotatable bonds is 8. The number of carbonyl (C=O) groups is 2. The van der Waals surface area contributed by atoms with Crippen molar-refractivity contribution in [1.29, 1.82) is 0 Å². The van der Waals surface area contributed by atoms with Crippen molar-refractivity contribution in [3.63, 3.8) is 0 Å². The van der Waals surface area contributed by atoms with Gasteiger partial charge in [-0.1, -0.05) is 49.6 Å². The van der Waals surface area contributed by atoms with Crippen molar-refractivity contribution in [2.24, 2.45) is 0 Å². The molecule has 0 saturated carbocycles. The number of hydrogen-bond acceptors (Lipinski definition) is 5. The second kappa shape index (κ2) is 11.4. The van der Waals surface area contributed by atoms with Crippen LogP contribution < -0.4 is 9.47 Å². The van der Waals surface area contributed by atoms with E-state index in [1.165, 1.54) is 56.3 Å². The molecular formula is C29H23F3O5. The zero-order chi connectivity index (χ0) is 27.2. The van der Waals surface area contributed by atoms with Gasteiger partial charge in [0, 0.05) is 11.1 Å². The highest BCUT2D eigenvalue weighted by Crippen LogP contribution is 2.40. The largest absolute Gasteiger partial charge is 0.462 e. The molecule has 37 heavy (non-hydrogen) atoms. The number of carbonyl (C=O) groups excluding carboxylic acids is 2. The third-order valence-corrected chi connectivity index (χ3v) is 5.02. The van der Waals surface area contributed by atoms with E-state index in [-0.39, 0.29) is 22.5 Å². The van der Waals surface area contributed by atoms with Crippen LogP contribution in [0.4, 0.5) is 13.2 Å². The van der Waals surface area contributed by atoms with E-state index in [1.54, 1.807) is 18.2 Å². The predicted molar refractivity (Wildman–Crippen MR) is 133 cm³/mol. The lowest BCUT2D eigenvalue weighted by atomic mass is 9.94. The minimum Gasteiger partial charge on any atom is -0.462 e. The van der Waals surface area contributed by atoms with Crippen LogP contribution in [0.3, 0.4) is 0 Å². The molecule has 0 heterocycles. The molecule has 0 unspecified atom stereocenters. The minimum atomic E-state index is -4.60. The molecule has 0 aliphatic heterocycles. The summed E-state index contributed by atoms with van der Waals surface area (Å²) in [6.45, 7) is 9.96. The number of halogens is 3. The number of ether oxygens (including phenoxy) is 3. The first-order chi connectivity index (χ1) is 17.5. The van der Waals surface area contributed by atoms with Crippen LogP contribution >= 0.6 is 0 Å². The van der Waals surface area contributed by atoms with E-state index in [4.69, 9.17) is 14.2 Å². The van der Waals surface area contributed by atoms with Gasteiger partial charge in [0.2, 0.25) is 0 Å². The minimum absolute atomic E-state index is 0.000684. The third-order valence-electron chi connectivity index (χ3n) is 5.02. The van der Waals surface area contributed by atoms with Gasteiger partial charge in [0.1, 0.15) is 24.0 Å². The molecule has 3 rings (SSSR count). The summed E-state index contributed by atoms with van der Waals surface area (Å²) in [6.07, 6.45) is -2.42. The maximum absolute atomic E-state index is 14.0. The van der Waals surface area contributed by atoms with Gasteiger partial charge in [-0.25, -0.2) is 9.59 Å². The summed E-state index contributed by atoms with van der Waals surface area (Å²) in [5, 5.41) is 0. The van der Waals surface area contributed by atoms with Crippen LogP contribution in [0.25, 0.3) is 22.3 Å². The van der Waals surface area contributed by atoms with E-state index in [2.05, 4.69) is 13.2 Å². The molecule has 190 valence electrons. The summed E-state index contributed by atoms with van der Waals surface area (Å²) in [7, 11) is 0. The maximum atomic E-state index is 14.0. The summed E-state index contributed by atoms with van der Waals surface area (Å²) in [4.78, 5) is 23.0. The Morgan fingerprint density at radius 3 is 1.84 bits per heavy atom. The van der Waals surface area contributed by atoms with Gasteiger partial charge in [0.15, 0.2) is 0 Å². The molecule has 3 aromatic rings. The Kier molecular flexibility index (Phi) is 8.34.